The number of amides is 1. The van der Waals surface area contributed by atoms with Gasteiger partial charge in [-0.25, -0.2) is 0 Å². The molecule has 29 heavy (non-hydrogen) atoms. The third kappa shape index (κ3) is 5.67. The van der Waals surface area contributed by atoms with Crippen LogP contribution in [0.3, 0.4) is 0 Å². The van der Waals surface area contributed by atoms with Crippen LogP contribution in [-0.2, 0) is 36.1 Å². The fourth-order valence-electron chi connectivity index (χ4n) is 4.24. The van der Waals surface area contributed by atoms with Crippen molar-refractivity contribution in [3.8, 4) is 0 Å². The minimum Gasteiger partial charge on any atom is -0.373 e. The summed E-state index contributed by atoms with van der Waals surface area (Å²) in [5.41, 5.74) is 5.78. The van der Waals surface area contributed by atoms with Gasteiger partial charge >= 0.3 is 0 Å². The summed E-state index contributed by atoms with van der Waals surface area (Å²) in [5.74, 6) is 0.0797. The molecule has 1 N–H and O–H groups in total. The first-order valence-corrected chi connectivity index (χ1v) is 10.5. The second-order valence-corrected chi connectivity index (χ2v) is 8.27. The smallest absolute Gasteiger partial charge is 0.220 e. The van der Waals surface area contributed by atoms with Crippen LogP contribution in [0.15, 0.2) is 24.3 Å². The van der Waals surface area contributed by atoms with Crippen LogP contribution in [0, 0.1) is 13.8 Å². The Kier molecular flexibility index (Phi) is 7.09. The molecule has 1 aliphatic rings. The number of hydrogen-bond donors (Lipinski definition) is 1. The lowest BCUT2D eigenvalue weighted by atomic mass is 10.1. The number of aryl methyl sites for hydroxylation is 2. The zero-order valence-corrected chi connectivity index (χ0v) is 18.4. The molecule has 1 amide bonds. The first kappa shape index (κ1) is 21.5. The fraction of sp³-hybridized carbons (Fsp3) is 0.565. The normalized spacial score (nSPS) is 20.0. The molecule has 158 valence electrons. The van der Waals surface area contributed by atoms with E-state index in [-0.39, 0.29) is 18.1 Å². The van der Waals surface area contributed by atoms with Crippen LogP contribution in [0.5, 0.6) is 0 Å². The van der Waals surface area contributed by atoms with Crippen LogP contribution >= 0.6 is 0 Å². The summed E-state index contributed by atoms with van der Waals surface area (Å²) in [6.45, 7) is 11.6. The summed E-state index contributed by atoms with van der Waals surface area (Å²) in [7, 11) is 1.94. The molecule has 1 aliphatic heterocycles. The first-order valence-electron chi connectivity index (χ1n) is 10.5. The molecule has 1 aromatic heterocycles. The number of rotatable bonds is 7. The van der Waals surface area contributed by atoms with Crippen molar-refractivity contribution in [2.45, 2.75) is 65.8 Å². The molecular weight excluding hydrogens is 364 g/mol. The summed E-state index contributed by atoms with van der Waals surface area (Å²) in [4.78, 5) is 14.9. The molecule has 6 heteroatoms. The predicted octanol–water partition coefficient (Wildman–Crippen LogP) is 2.90. The maximum Gasteiger partial charge on any atom is 0.220 e. The van der Waals surface area contributed by atoms with Gasteiger partial charge in [-0.15, -0.1) is 0 Å². The molecule has 6 nitrogen and oxygen atoms in total. The van der Waals surface area contributed by atoms with Crippen LogP contribution in [0.25, 0.3) is 0 Å². The summed E-state index contributed by atoms with van der Waals surface area (Å²) in [5, 5.41) is 7.53. The number of nitrogens with one attached hydrogen (secondary N) is 1. The van der Waals surface area contributed by atoms with E-state index in [4.69, 9.17) is 4.74 Å². The van der Waals surface area contributed by atoms with Crippen molar-refractivity contribution < 1.29 is 9.53 Å². The fourth-order valence-corrected chi connectivity index (χ4v) is 4.24. The van der Waals surface area contributed by atoms with Crippen LogP contribution in [0.4, 0.5) is 0 Å². The van der Waals surface area contributed by atoms with Crippen molar-refractivity contribution in [2.75, 3.05) is 13.1 Å². The SMILES string of the molecule is Cc1nn(C)c(C)c1CCC(=O)NCc1ccccc1CN1CC(C)OC(C)C1. The molecule has 1 fully saturated rings. The van der Waals surface area contributed by atoms with E-state index in [0.29, 0.717) is 13.0 Å². The average molecular weight is 399 g/mol. The quantitative estimate of drug-likeness (QED) is 0.779. The zero-order valence-electron chi connectivity index (χ0n) is 18.4. The number of carbonyl (C=O) groups is 1. The Balaban J connectivity index is 1.54. The van der Waals surface area contributed by atoms with Gasteiger partial charge < -0.3 is 10.1 Å². The molecule has 0 spiro atoms. The van der Waals surface area contributed by atoms with Gasteiger partial charge in [0.15, 0.2) is 0 Å². The van der Waals surface area contributed by atoms with Gasteiger partial charge in [0.1, 0.15) is 0 Å². The Hall–Kier alpha value is -2.18. The Morgan fingerprint density at radius 3 is 2.45 bits per heavy atom. The van der Waals surface area contributed by atoms with Crippen LogP contribution in [0.2, 0.25) is 0 Å². The minimum atomic E-state index is 0.0797. The standard InChI is InChI=1S/C23H34N4O2/c1-16-13-27(14-17(2)29-16)15-21-9-7-6-8-20(21)12-24-23(28)11-10-22-18(3)25-26(5)19(22)4/h6-9,16-17H,10-15H2,1-5H3,(H,24,28). The first-order chi connectivity index (χ1) is 13.8. The molecule has 0 saturated carbocycles. The topological polar surface area (TPSA) is 59.4 Å². The lowest BCUT2D eigenvalue weighted by Gasteiger charge is -2.35. The maximum absolute atomic E-state index is 12.4. The van der Waals surface area contributed by atoms with E-state index in [1.165, 1.54) is 16.7 Å². The zero-order chi connectivity index (χ0) is 21.0. The van der Waals surface area contributed by atoms with Crippen molar-refractivity contribution in [3.05, 3.63) is 52.3 Å². The molecule has 3 rings (SSSR count). The summed E-state index contributed by atoms with van der Waals surface area (Å²) < 4.78 is 7.72. The summed E-state index contributed by atoms with van der Waals surface area (Å²) in [6, 6.07) is 8.38. The van der Waals surface area contributed by atoms with E-state index in [1.54, 1.807) is 0 Å². The van der Waals surface area contributed by atoms with Gasteiger partial charge in [-0.05, 0) is 50.8 Å². The third-order valence-corrected chi connectivity index (χ3v) is 5.74. The minimum absolute atomic E-state index is 0.0797. The lowest BCUT2D eigenvalue weighted by molar-refractivity contribution is -0.121. The van der Waals surface area contributed by atoms with E-state index >= 15 is 0 Å². The van der Waals surface area contributed by atoms with E-state index in [0.717, 1.165) is 37.4 Å². The van der Waals surface area contributed by atoms with Crippen molar-refractivity contribution in [1.29, 1.82) is 0 Å². The second-order valence-electron chi connectivity index (χ2n) is 8.27. The van der Waals surface area contributed by atoms with Crippen LogP contribution < -0.4 is 5.32 Å². The number of carbonyl (C=O) groups excluding carboxylic acids is 1. The number of benzene rings is 1. The Labute approximate surface area is 174 Å². The summed E-state index contributed by atoms with van der Waals surface area (Å²) >= 11 is 0. The van der Waals surface area contributed by atoms with E-state index in [9.17, 15) is 4.79 Å². The molecule has 1 aromatic carbocycles. The van der Waals surface area contributed by atoms with Gasteiger partial charge in [-0.1, -0.05) is 24.3 Å². The lowest BCUT2D eigenvalue weighted by Crippen LogP contribution is -2.45. The third-order valence-electron chi connectivity index (χ3n) is 5.74. The van der Waals surface area contributed by atoms with E-state index < -0.39 is 0 Å². The molecule has 0 radical (unpaired) electrons. The van der Waals surface area contributed by atoms with Gasteiger partial charge in [0, 0.05) is 45.3 Å². The van der Waals surface area contributed by atoms with E-state index in [2.05, 4.69) is 54.3 Å². The monoisotopic (exact) mass is 398 g/mol. The number of aromatic nitrogens is 2. The van der Waals surface area contributed by atoms with Gasteiger partial charge in [0.05, 0.1) is 17.9 Å². The molecule has 1 saturated heterocycles. The maximum atomic E-state index is 12.4. The van der Waals surface area contributed by atoms with Gasteiger partial charge in [-0.2, -0.15) is 5.10 Å². The largest absolute Gasteiger partial charge is 0.373 e. The Bertz CT molecular complexity index is 835. The van der Waals surface area contributed by atoms with Crippen molar-refractivity contribution >= 4 is 5.91 Å². The van der Waals surface area contributed by atoms with Gasteiger partial charge in [-0.3, -0.25) is 14.4 Å². The van der Waals surface area contributed by atoms with E-state index in [1.807, 2.05) is 24.7 Å². The molecule has 2 aromatic rings. The van der Waals surface area contributed by atoms with Crippen molar-refractivity contribution in [3.63, 3.8) is 0 Å². The van der Waals surface area contributed by atoms with Crippen molar-refractivity contribution in [2.24, 2.45) is 7.05 Å². The van der Waals surface area contributed by atoms with Gasteiger partial charge in [0.25, 0.3) is 0 Å². The molecule has 0 bridgehead atoms. The highest BCUT2D eigenvalue weighted by Gasteiger charge is 2.22. The molecular formula is C23H34N4O2. The Morgan fingerprint density at radius 1 is 1.17 bits per heavy atom. The van der Waals surface area contributed by atoms with Gasteiger partial charge in [0.2, 0.25) is 5.91 Å². The highest BCUT2D eigenvalue weighted by molar-refractivity contribution is 5.76. The second kappa shape index (κ2) is 9.55. The highest BCUT2D eigenvalue weighted by Crippen LogP contribution is 2.17. The average Bonchev–Trinajstić information content (AvgIpc) is 2.90. The molecule has 2 unspecified atom stereocenters. The Morgan fingerprint density at radius 2 is 1.83 bits per heavy atom. The number of nitrogens with zero attached hydrogens (tertiary/aromatic N) is 3. The predicted molar refractivity (Wildman–Crippen MR) is 115 cm³/mol. The molecule has 0 aliphatic carbocycles. The molecule has 2 atom stereocenters. The van der Waals surface area contributed by atoms with Crippen molar-refractivity contribution in [1.82, 2.24) is 20.0 Å². The summed E-state index contributed by atoms with van der Waals surface area (Å²) in [6.07, 6.45) is 1.71. The molecule has 2 heterocycles. The highest BCUT2D eigenvalue weighted by atomic mass is 16.5. The van der Waals surface area contributed by atoms with Crippen LogP contribution in [-0.4, -0.2) is 45.9 Å². The number of ether oxygens (including phenoxy) is 1. The van der Waals surface area contributed by atoms with Crippen LogP contribution in [0.1, 0.15) is 48.3 Å². The number of morpholine rings is 1. The number of hydrogen-bond acceptors (Lipinski definition) is 4.